The lowest BCUT2D eigenvalue weighted by Gasteiger charge is -2.18. The van der Waals surface area contributed by atoms with Crippen LogP contribution in [0.25, 0.3) is 0 Å². The van der Waals surface area contributed by atoms with Gasteiger partial charge < -0.3 is 14.8 Å². The third kappa shape index (κ3) is 4.61. The minimum Gasteiger partial charge on any atom is -0.496 e. The first-order valence-corrected chi connectivity index (χ1v) is 7.80. The highest BCUT2D eigenvalue weighted by Gasteiger charge is 2.15. The number of methoxy groups -OCH3 is 1. The van der Waals surface area contributed by atoms with E-state index in [2.05, 4.69) is 5.32 Å². The van der Waals surface area contributed by atoms with Crippen LogP contribution in [0.2, 0.25) is 5.02 Å². The zero-order chi connectivity index (χ0) is 17.7. The lowest BCUT2D eigenvalue weighted by molar-refractivity contribution is -0.123. The van der Waals surface area contributed by atoms with Crippen molar-refractivity contribution in [3.8, 4) is 11.5 Å². The number of benzene rings is 2. The second-order valence-corrected chi connectivity index (χ2v) is 5.81. The van der Waals surface area contributed by atoms with E-state index >= 15 is 0 Å². The van der Waals surface area contributed by atoms with E-state index in [0.29, 0.717) is 5.75 Å². The van der Waals surface area contributed by atoms with Gasteiger partial charge in [0.15, 0.2) is 6.61 Å². The highest BCUT2D eigenvalue weighted by Crippen LogP contribution is 2.27. The van der Waals surface area contributed by atoms with Crippen molar-refractivity contribution < 1.29 is 18.7 Å². The van der Waals surface area contributed by atoms with Crippen LogP contribution in [0.5, 0.6) is 11.5 Å². The summed E-state index contributed by atoms with van der Waals surface area (Å²) in [6.07, 6.45) is 0. The van der Waals surface area contributed by atoms with Gasteiger partial charge in [0.05, 0.1) is 18.2 Å². The van der Waals surface area contributed by atoms with E-state index < -0.39 is 5.82 Å². The van der Waals surface area contributed by atoms with E-state index in [1.165, 1.54) is 12.1 Å². The molecule has 0 fully saturated rings. The van der Waals surface area contributed by atoms with Crippen LogP contribution in [0.1, 0.15) is 24.1 Å². The molecule has 1 atom stereocenters. The topological polar surface area (TPSA) is 47.6 Å². The van der Waals surface area contributed by atoms with Crippen LogP contribution in [0, 0.1) is 12.7 Å². The fourth-order valence-corrected chi connectivity index (χ4v) is 2.51. The van der Waals surface area contributed by atoms with Gasteiger partial charge in [-0.15, -0.1) is 0 Å². The first kappa shape index (κ1) is 18.1. The molecule has 0 aliphatic rings. The first-order valence-electron chi connectivity index (χ1n) is 7.42. The lowest BCUT2D eigenvalue weighted by Crippen LogP contribution is -2.31. The number of amides is 1. The molecule has 2 rings (SSSR count). The molecule has 0 saturated carbocycles. The molecule has 24 heavy (non-hydrogen) atoms. The molecule has 0 spiro atoms. The Labute approximate surface area is 145 Å². The molecule has 6 heteroatoms. The van der Waals surface area contributed by atoms with Crippen LogP contribution in [-0.4, -0.2) is 19.6 Å². The number of hydrogen-bond acceptors (Lipinski definition) is 3. The Morgan fingerprint density at radius 1 is 1.25 bits per heavy atom. The predicted molar refractivity (Wildman–Crippen MR) is 91.2 cm³/mol. The zero-order valence-electron chi connectivity index (χ0n) is 13.7. The molecule has 0 bridgehead atoms. The van der Waals surface area contributed by atoms with Crippen LogP contribution in [0.15, 0.2) is 36.4 Å². The number of nitrogens with one attached hydrogen (secondary N) is 1. The number of carbonyl (C=O) groups is 1. The Hall–Kier alpha value is -2.27. The van der Waals surface area contributed by atoms with E-state index in [1.54, 1.807) is 7.11 Å². The number of rotatable bonds is 6. The summed E-state index contributed by atoms with van der Waals surface area (Å²) >= 11 is 5.86. The van der Waals surface area contributed by atoms with Crippen LogP contribution in [0.3, 0.4) is 0 Å². The molecule has 0 aliphatic carbocycles. The van der Waals surface area contributed by atoms with Gasteiger partial charge in [0.2, 0.25) is 0 Å². The van der Waals surface area contributed by atoms with Gasteiger partial charge in [0.1, 0.15) is 17.3 Å². The summed E-state index contributed by atoms with van der Waals surface area (Å²) in [5.74, 6) is 0.188. The summed E-state index contributed by atoms with van der Waals surface area (Å²) in [5, 5.41) is 2.96. The first-order chi connectivity index (χ1) is 11.4. The number of hydrogen-bond donors (Lipinski definition) is 1. The SMILES string of the molecule is COc1ccc(C)cc1[C@@H](C)NC(=O)COc1ccc(F)cc1Cl. The predicted octanol–water partition coefficient (Wildman–Crippen LogP) is 4.05. The van der Waals surface area contributed by atoms with E-state index in [0.717, 1.165) is 17.2 Å². The molecule has 0 unspecified atom stereocenters. The van der Waals surface area contributed by atoms with Gasteiger partial charge in [-0.05, 0) is 38.1 Å². The van der Waals surface area contributed by atoms with Crippen molar-refractivity contribution in [1.82, 2.24) is 5.32 Å². The monoisotopic (exact) mass is 351 g/mol. The molecule has 0 heterocycles. The molecule has 0 aliphatic heterocycles. The third-order valence-corrected chi connectivity index (χ3v) is 3.78. The quantitative estimate of drug-likeness (QED) is 0.854. The Balaban J connectivity index is 1.98. The van der Waals surface area contributed by atoms with E-state index in [9.17, 15) is 9.18 Å². The molecule has 4 nitrogen and oxygen atoms in total. The second-order valence-electron chi connectivity index (χ2n) is 5.40. The summed E-state index contributed by atoms with van der Waals surface area (Å²) in [5.41, 5.74) is 1.95. The molecule has 128 valence electrons. The van der Waals surface area contributed by atoms with Gasteiger partial charge in [-0.25, -0.2) is 4.39 Å². The number of aryl methyl sites for hydroxylation is 1. The van der Waals surface area contributed by atoms with Crippen molar-refractivity contribution in [1.29, 1.82) is 0 Å². The van der Waals surface area contributed by atoms with Gasteiger partial charge in [0, 0.05) is 5.56 Å². The van der Waals surface area contributed by atoms with Crippen molar-refractivity contribution in [2.24, 2.45) is 0 Å². The standard InChI is InChI=1S/C18H19ClFNO3/c1-11-4-6-16(23-3)14(8-11)12(2)21-18(22)10-24-17-7-5-13(20)9-15(17)19/h4-9,12H,10H2,1-3H3,(H,21,22)/t12-/m1/s1. The smallest absolute Gasteiger partial charge is 0.258 e. The molecular formula is C18H19ClFNO3. The van der Waals surface area contributed by atoms with E-state index in [4.69, 9.17) is 21.1 Å². The fraction of sp³-hybridized carbons (Fsp3) is 0.278. The van der Waals surface area contributed by atoms with Crippen LogP contribution in [-0.2, 0) is 4.79 Å². The van der Waals surface area contributed by atoms with Gasteiger partial charge in [0.25, 0.3) is 5.91 Å². The fourth-order valence-electron chi connectivity index (χ4n) is 2.29. The summed E-state index contributed by atoms with van der Waals surface area (Å²) in [4.78, 5) is 12.1. The molecule has 1 amide bonds. The molecule has 2 aromatic rings. The maximum absolute atomic E-state index is 13.0. The molecule has 0 saturated heterocycles. The van der Waals surface area contributed by atoms with Crippen molar-refractivity contribution in [3.05, 3.63) is 58.4 Å². The van der Waals surface area contributed by atoms with Gasteiger partial charge in [-0.3, -0.25) is 4.79 Å². The minimum atomic E-state index is -0.461. The zero-order valence-corrected chi connectivity index (χ0v) is 14.5. The second kappa shape index (κ2) is 8.02. The molecule has 0 radical (unpaired) electrons. The lowest BCUT2D eigenvalue weighted by atomic mass is 10.0. The molecule has 1 N–H and O–H groups in total. The Morgan fingerprint density at radius 2 is 1.96 bits per heavy atom. The molecule has 0 aromatic heterocycles. The normalized spacial score (nSPS) is 11.7. The minimum absolute atomic E-state index is 0.121. The van der Waals surface area contributed by atoms with Crippen molar-refractivity contribution in [2.45, 2.75) is 19.9 Å². The third-order valence-electron chi connectivity index (χ3n) is 3.48. The van der Waals surface area contributed by atoms with Crippen molar-refractivity contribution in [2.75, 3.05) is 13.7 Å². The van der Waals surface area contributed by atoms with Gasteiger partial charge in [-0.2, -0.15) is 0 Å². The number of halogens is 2. The van der Waals surface area contributed by atoms with Gasteiger partial charge >= 0.3 is 0 Å². The summed E-state index contributed by atoms with van der Waals surface area (Å²) < 4.78 is 23.6. The maximum atomic E-state index is 13.0. The highest BCUT2D eigenvalue weighted by atomic mass is 35.5. The number of ether oxygens (including phenoxy) is 2. The Morgan fingerprint density at radius 3 is 2.62 bits per heavy atom. The van der Waals surface area contributed by atoms with E-state index in [1.807, 2.05) is 32.0 Å². The van der Waals surface area contributed by atoms with Crippen LogP contribution < -0.4 is 14.8 Å². The van der Waals surface area contributed by atoms with Crippen LogP contribution >= 0.6 is 11.6 Å². The molecular weight excluding hydrogens is 333 g/mol. The van der Waals surface area contributed by atoms with Crippen molar-refractivity contribution in [3.63, 3.8) is 0 Å². The number of carbonyl (C=O) groups excluding carboxylic acids is 1. The summed E-state index contributed by atoms with van der Waals surface area (Å²) in [6.45, 7) is 3.61. The van der Waals surface area contributed by atoms with E-state index in [-0.39, 0.29) is 29.3 Å². The molecule has 2 aromatic carbocycles. The van der Waals surface area contributed by atoms with Gasteiger partial charge in [-0.1, -0.05) is 29.3 Å². The average Bonchev–Trinajstić information content (AvgIpc) is 2.54. The highest BCUT2D eigenvalue weighted by molar-refractivity contribution is 6.32. The Kier molecular flexibility index (Phi) is 6.04. The summed E-state index contributed by atoms with van der Waals surface area (Å²) in [6, 6.07) is 9.26. The Bertz CT molecular complexity index is 736. The van der Waals surface area contributed by atoms with Crippen LogP contribution in [0.4, 0.5) is 4.39 Å². The van der Waals surface area contributed by atoms with Crippen molar-refractivity contribution >= 4 is 17.5 Å². The largest absolute Gasteiger partial charge is 0.496 e. The average molecular weight is 352 g/mol. The maximum Gasteiger partial charge on any atom is 0.258 e. The summed E-state index contributed by atoms with van der Waals surface area (Å²) in [7, 11) is 1.59.